The summed E-state index contributed by atoms with van der Waals surface area (Å²) in [6.45, 7) is 12.6. The zero-order chi connectivity index (χ0) is 12.7. The summed E-state index contributed by atoms with van der Waals surface area (Å²) in [5.74, 6) is 1.59. The van der Waals surface area contributed by atoms with Crippen molar-refractivity contribution in [1.82, 2.24) is 9.88 Å². The van der Waals surface area contributed by atoms with E-state index in [9.17, 15) is 0 Å². The molecule has 0 radical (unpaired) electrons. The van der Waals surface area contributed by atoms with E-state index in [1.165, 1.54) is 18.5 Å². The second kappa shape index (κ2) is 7.44. The monoisotopic (exact) mass is 234 g/mol. The molecule has 2 nitrogen and oxygen atoms in total. The second-order valence-corrected chi connectivity index (χ2v) is 5.23. The van der Waals surface area contributed by atoms with Crippen LogP contribution in [0, 0.1) is 11.8 Å². The number of nitrogens with zero attached hydrogens (tertiary/aromatic N) is 2. The van der Waals surface area contributed by atoms with E-state index in [4.69, 9.17) is 0 Å². The molecule has 1 rings (SSSR count). The fourth-order valence-corrected chi connectivity index (χ4v) is 1.81. The predicted octanol–water partition coefficient (Wildman–Crippen LogP) is 3.59. The van der Waals surface area contributed by atoms with Crippen molar-refractivity contribution in [1.29, 1.82) is 0 Å². The Hall–Kier alpha value is -0.890. The van der Waals surface area contributed by atoms with Gasteiger partial charge in [-0.15, -0.1) is 0 Å². The summed E-state index contributed by atoms with van der Waals surface area (Å²) in [6.07, 6.45) is 5.04. The highest BCUT2D eigenvalue weighted by atomic mass is 15.1. The van der Waals surface area contributed by atoms with Gasteiger partial charge in [0, 0.05) is 18.9 Å². The van der Waals surface area contributed by atoms with E-state index in [2.05, 4.69) is 49.7 Å². The van der Waals surface area contributed by atoms with E-state index in [1.54, 1.807) is 0 Å². The molecule has 1 aromatic rings. The van der Waals surface area contributed by atoms with Crippen LogP contribution in [-0.2, 0) is 6.54 Å². The minimum Gasteiger partial charge on any atom is -0.299 e. The lowest BCUT2D eigenvalue weighted by molar-refractivity contribution is 0.242. The van der Waals surface area contributed by atoms with Gasteiger partial charge in [-0.05, 0) is 49.0 Å². The van der Waals surface area contributed by atoms with Crippen LogP contribution < -0.4 is 0 Å². The third-order valence-electron chi connectivity index (χ3n) is 3.64. The zero-order valence-corrected chi connectivity index (χ0v) is 11.7. The Labute approximate surface area is 106 Å². The van der Waals surface area contributed by atoms with Crippen LogP contribution in [-0.4, -0.2) is 23.0 Å². The fourth-order valence-electron chi connectivity index (χ4n) is 1.81. The van der Waals surface area contributed by atoms with Gasteiger partial charge < -0.3 is 0 Å². The molecule has 0 saturated heterocycles. The summed E-state index contributed by atoms with van der Waals surface area (Å²) < 4.78 is 0. The highest BCUT2D eigenvalue weighted by molar-refractivity contribution is 5.09. The molecule has 0 N–H and O–H groups in total. The maximum absolute atomic E-state index is 4.06. The van der Waals surface area contributed by atoms with E-state index in [-0.39, 0.29) is 0 Å². The minimum atomic E-state index is 0.787. The molecular formula is C15H26N2. The molecule has 0 aromatic carbocycles. The van der Waals surface area contributed by atoms with Gasteiger partial charge in [0.25, 0.3) is 0 Å². The first-order valence-electron chi connectivity index (χ1n) is 6.74. The molecule has 0 aliphatic heterocycles. The Morgan fingerprint density at radius 2 is 1.82 bits per heavy atom. The Morgan fingerprint density at radius 1 is 1.18 bits per heavy atom. The summed E-state index contributed by atoms with van der Waals surface area (Å²) in [7, 11) is 0. The van der Waals surface area contributed by atoms with Gasteiger partial charge in [-0.3, -0.25) is 9.88 Å². The first kappa shape index (κ1) is 14.2. The van der Waals surface area contributed by atoms with Crippen molar-refractivity contribution in [2.45, 2.75) is 40.7 Å². The van der Waals surface area contributed by atoms with Crippen molar-refractivity contribution in [3.05, 3.63) is 30.1 Å². The van der Waals surface area contributed by atoms with Crippen molar-refractivity contribution < 1.29 is 0 Å². The summed E-state index contributed by atoms with van der Waals surface area (Å²) in [6, 6.07) is 4.21. The van der Waals surface area contributed by atoms with Gasteiger partial charge in [0.2, 0.25) is 0 Å². The summed E-state index contributed by atoms with van der Waals surface area (Å²) >= 11 is 0. The normalized spacial score (nSPS) is 13.3. The lowest BCUT2D eigenvalue weighted by Crippen LogP contribution is -2.26. The van der Waals surface area contributed by atoms with Crippen LogP contribution in [0.4, 0.5) is 0 Å². The van der Waals surface area contributed by atoms with Crippen LogP contribution in [0.1, 0.15) is 39.7 Å². The van der Waals surface area contributed by atoms with Crippen molar-refractivity contribution in [2.24, 2.45) is 11.8 Å². The lowest BCUT2D eigenvalue weighted by Gasteiger charge is -2.23. The number of aromatic nitrogens is 1. The van der Waals surface area contributed by atoms with Gasteiger partial charge in [-0.2, -0.15) is 0 Å². The molecule has 0 fully saturated rings. The van der Waals surface area contributed by atoms with Crippen LogP contribution in [0.5, 0.6) is 0 Å². The summed E-state index contributed by atoms with van der Waals surface area (Å²) in [4.78, 5) is 6.57. The number of hydrogen-bond acceptors (Lipinski definition) is 2. The maximum Gasteiger partial charge on any atom is 0.0271 e. The molecule has 0 spiro atoms. The summed E-state index contributed by atoms with van der Waals surface area (Å²) in [5.41, 5.74) is 1.36. The van der Waals surface area contributed by atoms with Gasteiger partial charge in [0.15, 0.2) is 0 Å². The van der Waals surface area contributed by atoms with Crippen LogP contribution in [0.15, 0.2) is 24.5 Å². The highest BCUT2D eigenvalue weighted by Gasteiger charge is 2.10. The van der Waals surface area contributed by atoms with E-state index >= 15 is 0 Å². The molecule has 1 atom stereocenters. The average Bonchev–Trinajstić information content (AvgIpc) is 2.35. The quantitative estimate of drug-likeness (QED) is 0.717. The van der Waals surface area contributed by atoms with Crippen LogP contribution >= 0.6 is 0 Å². The maximum atomic E-state index is 4.06. The van der Waals surface area contributed by atoms with Crippen LogP contribution in [0.25, 0.3) is 0 Å². The third-order valence-corrected chi connectivity index (χ3v) is 3.64. The molecule has 2 heteroatoms. The van der Waals surface area contributed by atoms with E-state index in [0.29, 0.717) is 0 Å². The molecule has 0 aliphatic rings. The highest BCUT2D eigenvalue weighted by Crippen LogP contribution is 2.15. The van der Waals surface area contributed by atoms with Crippen LogP contribution in [0.3, 0.4) is 0 Å². The van der Waals surface area contributed by atoms with Gasteiger partial charge >= 0.3 is 0 Å². The number of pyridine rings is 1. The molecule has 96 valence electrons. The van der Waals surface area contributed by atoms with Crippen molar-refractivity contribution in [3.63, 3.8) is 0 Å². The minimum absolute atomic E-state index is 0.787. The summed E-state index contributed by atoms with van der Waals surface area (Å²) in [5, 5.41) is 0. The molecule has 1 aromatic heterocycles. The third kappa shape index (κ3) is 5.31. The number of rotatable bonds is 7. The van der Waals surface area contributed by atoms with Crippen molar-refractivity contribution >= 4 is 0 Å². The van der Waals surface area contributed by atoms with Gasteiger partial charge in [-0.25, -0.2) is 0 Å². The molecule has 0 bridgehead atoms. The van der Waals surface area contributed by atoms with Gasteiger partial charge in [-0.1, -0.05) is 27.7 Å². The number of hydrogen-bond donors (Lipinski definition) is 0. The Kier molecular flexibility index (Phi) is 6.20. The fraction of sp³-hybridized carbons (Fsp3) is 0.667. The Morgan fingerprint density at radius 3 is 2.35 bits per heavy atom. The Balaban J connectivity index is 2.39. The van der Waals surface area contributed by atoms with Gasteiger partial charge in [0.05, 0.1) is 0 Å². The molecular weight excluding hydrogens is 208 g/mol. The smallest absolute Gasteiger partial charge is 0.0271 e. The van der Waals surface area contributed by atoms with E-state index in [0.717, 1.165) is 24.9 Å². The SMILES string of the molecule is CCN(CCC(C)C(C)C)Cc1ccncc1. The van der Waals surface area contributed by atoms with E-state index < -0.39 is 0 Å². The zero-order valence-electron chi connectivity index (χ0n) is 11.7. The molecule has 0 aliphatic carbocycles. The van der Waals surface area contributed by atoms with E-state index in [1.807, 2.05) is 12.4 Å². The first-order chi connectivity index (χ1) is 8.13. The van der Waals surface area contributed by atoms with Gasteiger partial charge in [0.1, 0.15) is 0 Å². The molecule has 0 amide bonds. The van der Waals surface area contributed by atoms with Crippen molar-refractivity contribution in [3.8, 4) is 0 Å². The molecule has 17 heavy (non-hydrogen) atoms. The first-order valence-corrected chi connectivity index (χ1v) is 6.74. The predicted molar refractivity (Wildman–Crippen MR) is 73.8 cm³/mol. The van der Waals surface area contributed by atoms with Crippen molar-refractivity contribution in [2.75, 3.05) is 13.1 Å². The topological polar surface area (TPSA) is 16.1 Å². The standard InChI is InChI=1S/C15H26N2/c1-5-17(11-8-14(4)13(2)3)12-15-6-9-16-10-7-15/h6-7,9-10,13-14H,5,8,11-12H2,1-4H3. The molecule has 1 unspecified atom stereocenters. The molecule has 1 heterocycles. The Bertz CT molecular complexity index is 295. The lowest BCUT2D eigenvalue weighted by atomic mass is 9.94. The molecule has 0 saturated carbocycles. The van der Waals surface area contributed by atoms with Crippen LogP contribution in [0.2, 0.25) is 0 Å². The largest absolute Gasteiger partial charge is 0.299 e. The second-order valence-electron chi connectivity index (χ2n) is 5.23. The average molecular weight is 234 g/mol.